The van der Waals surface area contributed by atoms with Gasteiger partial charge in [-0.2, -0.15) is 0 Å². The Morgan fingerprint density at radius 2 is 1.13 bits per heavy atom. The van der Waals surface area contributed by atoms with Gasteiger partial charge in [-0.1, -0.05) is 36.4 Å². The van der Waals surface area contributed by atoms with Gasteiger partial charge in [0, 0.05) is 11.1 Å². The molecule has 2 rings (SSSR count). The Kier molecular flexibility index (Phi) is 6.46. The summed E-state index contributed by atoms with van der Waals surface area (Å²) in [4.78, 5) is 6.37. The maximum absolute atomic E-state index is 6.79. The molecule has 0 heterocycles. The van der Waals surface area contributed by atoms with Crippen LogP contribution < -0.4 is 9.47 Å². The van der Waals surface area contributed by atoms with Crippen LogP contribution in [0.4, 0.5) is 0 Å². The molecule has 5 heteroatoms. The van der Waals surface area contributed by atoms with Gasteiger partial charge in [0.2, 0.25) is 0 Å². The van der Waals surface area contributed by atoms with Gasteiger partial charge >= 0.3 is 13.5 Å². The third-order valence-electron chi connectivity index (χ3n) is 3.03. The molecule has 116 valence electrons. The van der Waals surface area contributed by atoms with Crippen LogP contribution in [0.3, 0.4) is 0 Å². The molecule has 0 spiro atoms. The van der Waals surface area contributed by atoms with Crippen LogP contribution in [0.5, 0.6) is 11.5 Å². The van der Waals surface area contributed by atoms with Crippen LogP contribution >= 0.6 is 0 Å². The van der Waals surface area contributed by atoms with E-state index < -0.39 is 0 Å². The van der Waals surface area contributed by atoms with Gasteiger partial charge in [0.1, 0.15) is 11.5 Å². The lowest BCUT2D eigenvalue weighted by atomic mass is 10.2. The van der Waals surface area contributed by atoms with Crippen LogP contribution in [0.2, 0.25) is 0 Å². The molecule has 0 aliphatic rings. The number of nitrogens with zero attached hydrogens (tertiary/aromatic N) is 2. The van der Waals surface area contributed by atoms with Crippen molar-refractivity contribution in [3.8, 4) is 11.5 Å². The van der Waals surface area contributed by atoms with E-state index in [1.165, 1.54) is 0 Å². The van der Waals surface area contributed by atoms with Gasteiger partial charge < -0.3 is 14.2 Å². The highest BCUT2D eigenvalue weighted by atomic mass is 16.5. The average Bonchev–Trinajstić information content (AvgIpc) is 2.60. The van der Waals surface area contributed by atoms with E-state index in [-0.39, 0.29) is 13.5 Å². The molecule has 0 aromatic heterocycles. The fourth-order valence-electron chi connectivity index (χ4n) is 2.00. The van der Waals surface area contributed by atoms with Crippen molar-refractivity contribution in [2.75, 3.05) is 13.5 Å². The molecule has 23 heavy (non-hydrogen) atoms. The highest BCUT2D eigenvalue weighted by Gasteiger charge is 2.07. The number of rotatable bonds is 8. The average molecular weight is 308 g/mol. The molecule has 2 aromatic rings. The second kappa shape index (κ2) is 9.09. The van der Waals surface area contributed by atoms with Crippen molar-refractivity contribution in [1.82, 2.24) is 0 Å². The fraction of sp³-hybridized carbons (Fsp3) is 0.222. The van der Waals surface area contributed by atoms with Crippen molar-refractivity contribution < 1.29 is 14.2 Å². The maximum atomic E-state index is 6.79. The van der Waals surface area contributed by atoms with Crippen LogP contribution in [0.25, 0.3) is 9.69 Å². The van der Waals surface area contributed by atoms with Crippen molar-refractivity contribution in [3.05, 3.63) is 82.5 Å². The molecule has 0 saturated carbocycles. The monoisotopic (exact) mass is 308 g/mol. The summed E-state index contributed by atoms with van der Waals surface area (Å²) >= 11 is 0. The van der Waals surface area contributed by atoms with E-state index in [9.17, 15) is 0 Å². The standard InChI is InChI=1S/C18H16N2O3/c1-19-13-22-17-9-5-3-7-15(17)11-21-12-16-8-4-6-10-18(16)23-14-20-2/h3-10H,11-14H2. The molecule has 0 amide bonds. The molecule has 2 aromatic carbocycles. The largest absolute Gasteiger partial charge is 0.425 e. The van der Waals surface area contributed by atoms with Crippen LogP contribution in [0, 0.1) is 13.1 Å². The van der Waals surface area contributed by atoms with E-state index in [2.05, 4.69) is 9.69 Å². The first-order valence-electron chi connectivity index (χ1n) is 7.00. The van der Waals surface area contributed by atoms with Gasteiger partial charge in [0.05, 0.1) is 13.2 Å². The lowest BCUT2D eigenvalue weighted by Crippen LogP contribution is -2.01. The van der Waals surface area contributed by atoms with Gasteiger partial charge in [-0.15, -0.1) is 0 Å². The van der Waals surface area contributed by atoms with Crippen molar-refractivity contribution in [3.63, 3.8) is 0 Å². The minimum Gasteiger partial charge on any atom is -0.425 e. The highest BCUT2D eigenvalue weighted by molar-refractivity contribution is 5.34. The molecule has 0 aliphatic heterocycles. The van der Waals surface area contributed by atoms with Gasteiger partial charge in [-0.25, -0.2) is 13.1 Å². The van der Waals surface area contributed by atoms with E-state index in [1.54, 1.807) is 0 Å². The zero-order valence-electron chi connectivity index (χ0n) is 12.6. The second-order valence-corrected chi connectivity index (χ2v) is 4.57. The summed E-state index contributed by atoms with van der Waals surface area (Å²) in [5.41, 5.74) is 1.77. The fourth-order valence-corrected chi connectivity index (χ4v) is 2.00. The molecule has 0 bridgehead atoms. The molecule has 0 unspecified atom stereocenters. The van der Waals surface area contributed by atoms with E-state index >= 15 is 0 Å². The highest BCUT2D eigenvalue weighted by Crippen LogP contribution is 2.22. The normalized spacial score (nSPS) is 9.65. The summed E-state index contributed by atoms with van der Waals surface area (Å²) in [5, 5.41) is 0. The topological polar surface area (TPSA) is 36.4 Å². The van der Waals surface area contributed by atoms with Gasteiger partial charge in [-0.05, 0) is 12.1 Å². The van der Waals surface area contributed by atoms with Crippen LogP contribution in [0.1, 0.15) is 11.1 Å². The van der Waals surface area contributed by atoms with Crippen molar-refractivity contribution >= 4 is 0 Å². The Morgan fingerprint density at radius 3 is 1.57 bits per heavy atom. The summed E-state index contributed by atoms with van der Waals surface area (Å²) in [7, 11) is 0. The smallest absolute Gasteiger partial charge is 0.357 e. The zero-order valence-corrected chi connectivity index (χ0v) is 12.6. The van der Waals surface area contributed by atoms with Crippen molar-refractivity contribution in [2.45, 2.75) is 13.2 Å². The van der Waals surface area contributed by atoms with Gasteiger partial charge in [0.15, 0.2) is 0 Å². The van der Waals surface area contributed by atoms with E-state index in [0.29, 0.717) is 24.7 Å². The molecule has 0 fully saturated rings. The Balaban J connectivity index is 1.96. The number of benzene rings is 2. The minimum absolute atomic E-state index is 0.00961. The van der Waals surface area contributed by atoms with Crippen molar-refractivity contribution in [1.29, 1.82) is 0 Å². The molecule has 0 atom stereocenters. The predicted molar refractivity (Wildman–Crippen MR) is 85.6 cm³/mol. The molecule has 5 nitrogen and oxygen atoms in total. The number of para-hydroxylation sites is 2. The van der Waals surface area contributed by atoms with Gasteiger partial charge in [0.25, 0.3) is 0 Å². The zero-order chi connectivity index (χ0) is 16.3. The molecule has 0 N–H and O–H groups in total. The Labute approximate surface area is 135 Å². The quantitative estimate of drug-likeness (QED) is 0.694. The lowest BCUT2D eigenvalue weighted by Gasteiger charge is -2.11. The van der Waals surface area contributed by atoms with Gasteiger partial charge in [-0.3, -0.25) is 9.69 Å². The summed E-state index contributed by atoms with van der Waals surface area (Å²) in [6.45, 7) is 14.3. The van der Waals surface area contributed by atoms with Crippen LogP contribution in [-0.4, -0.2) is 13.5 Å². The van der Waals surface area contributed by atoms with E-state index in [4.69, 9.17) is 27.4 Å². The number of hydrogen-bond acceptors (Lipinski definition) is 3. The first-order valence-corrected chi connectivity index (χ1v) is 7.00. The first-order chi connectivity index (χ1) is 11.3. The van der Waals surface area contributed by atoms with E-state index in [1.807, 2.05) is 48.5 Å². The first kappa shape index (κ1) is 16.4. The minimum atomic E-state index is -0.00961. The van der Waals surface area contributed by atoms with E-state index in [0.717, 1.165) is 11.1 Å². The second-order valence-electron chi connectivity index (χ2n) is 4.57. The third kappa shape index (κ3) is 5.03. The molecule has 0 aliphatic carbocycles. The Bertz CT molecular complexity index is 655. The van der Waals surface area contributed by atoms with Crippen LogP contribution in [0.15, 0.2) is 48.5 Å². The number of ether oxygens (including phenoxy) is 3. The molecular formula is C18H16N2O3. The molecule has 0 saturated heterocycles. The third-order valence-corrected chi connectivity index (χ3v) is 3.03. The molecular weight excluding hydrogens is 292 g/mol. The Hall–Kier alpha value is -3.02. The van der Waals surface area contributed by atoms with Crippen molar-refractivity contribution in [2.24, 2.45) is 0 Å². The summed E-state index contributed by atoms with van der Waals surface area (Å²) in [6, 6.07) is 15.0. The Morgan fingerprint density at radius 1 is 0.696 bits per heavy atom. The predicted octanol–water partition coefficient (Wildman–Crippen LogP) is 3.91. The summed E-state index contributed by atoms with van der Waals surface area (Å²) in [5.74, 6) is 1.31. The van der Waals surface area contributed by atoms with Crippen LogP contribution in [-0.2, 0) is 18.0 Å². The lowest BCUT2D eigenvalue weighted by molar-refractivity contribution is 0.103. The summed E-state index contributed by atoms with van der Waals surface area (Å²) < 4.78 is 16.5. The SMILES string of the molecule is [C-]#[N+]COc1ccccc1COCc1ccccc1OC[N+]#[C-]. The maximum Gasteiger partial charge on any atom is 0.357 e. The number of hydrogen-bond donors (Lipinski definition) is 0. The summed E-state index contributed by atoms with van der Waals surface area (Å²) in [6.07, 6.45) is 0. The molecule has 0 radical (unpaired) electrons.